The minimum absolute atomic E-state index is 0.142. The van der Waals surface area contributed by atoms with Gasteiger partial charge in [-0.15, -0.1) is 0 Å². The molecule has 1 rings (SSSR count). The van der Waals surface area contributed by atoms with Gasteiger partial charge in [0.1, 0.15) is 11.5 Å². The van der Waals surface area contributed by atoms with Gasteiger partial charge in [-0.3, -0.25) is 4.90 Å². The van der Waals surface area contributed by atoms with Crippen LogP contribution >= 0.6 is 0 Å². The van der Waals surface area contributed by atoms with Crippen molar-refractivity contribution in [3.05, 3.63) is 23.2 Å². The summed E-state index contributed by atoms with van der Waals surface area (Å²) in [5.41, 5.74) is 1.41. The Bertz CT molecular complexity index is 363. The van der Waals surface area contributed by atoms with Crippen LogP contribution in [0.5, 0.6) is 0 Å². The van der Waals surface area contributed by atoms with E-state index < -0.39 is 0 Å². The van der Waals surface area contributed by atoms with Gasteiger partial charge in [-0.2, -0.15) is 0 Å². The van der Waals surface area contributed by atoms with Crippen molar-refractivity contribution in [2.75, 3.05) is 13.6 Å². The van der Waals surface area contributed by atoms with Crippen LogP contribution in [0.1, 0.15) is 51.2 Å². The molecule has 1 N–H and O–H groups in total. The largest absolute Gasteiger partial charge is 0.465 e. The fraction of sp³-hybridized carbons (Fsp3) is 0.733. The number of rotatable bonds is 6. The molecule has 0 bridgehead atoms. The van der Waals surface area contributed by atoms with Gasteiger partial charge >= 0.3 is 0 Å². The highest BCUT2D eigenvalue weighted by Gasteiger charge is 2.13. The van der Waals surface area contributed by atoms with Crippen LogP contribution in [0.3, 0.4) is 0 Å². The quantitative estimate of drug-likeness (QED) is 0.842. The second-order valence-electron chi connectivity index (χ2n) is 6.14. The molecule has 3 nitrogen and oxygen atoms in total. The second-order valence-corrected chi connectivity index (χ2v) is 6.14. The molecule has 3 heteroatoms. The maximum absolute atomic E-state index is 5.82. The molecule has 0 fully saturated rings. The number of nitrogens with zero attached hydrogens (tertiary/aromatic N) is 1. The van der Waals surface area contributed by atoms with Crippen LogP contribution in [0.15, 0.2) is 10.5 Å². The molecule has 0 saturated heterocycles. The van der Waals surface area contributed by atoms with Crippen molar-refractivity contribution in [3.63, 3.8) is 0 Å². The van der Waals surface area contributed by atoms with Gasteiger partial charge in [-0.25, -0.2) is 0 Å². The SMILES string of the molecule is CCCN(C)Cc1cc(CNC(C)(C)C)c(C)o1. The molecular formula is C15H28N2O. The van der Waals surface area contributed by atoms with Crippen LogP contribution < -0.4 is 5.32 Å². The van der Waals surface area contributed by atoms with E-state index in [2.05, 4.69) is 51.0 Å². The Kier molecular flexibility index (Phi) is 5.42. The van der Waals surface area contributed by atoms with E-state index in [-0.39, 0.29) is 5.54 Å². The summed E-state index contributed by atoms with van der Waals surface area (Å²) in [6, 6.07) is 2.18. The van der Waals surface area contributed by atoms with E-state index in [1.807, 2.05) is 6.92 Å². The van der Waals surface area contributed by atoms with Crippen LogP contribution in [-0.4, -0.2) is 24.0 Å². The number of hydrogen-bond acceptors (Lipinski definition) is 3. The first-order chi connectivity index (χ1) is 8.31. The van der Waals surface area contributed by atoms with Crippen molar-refractivity contribution in [3.8, 4) is 0 Å². The van der Waals surface area contributed by atoms with Crippen LogP contribution in [0, 0.1) is 6.92 Å². The zero-order chi connectivity index (χ0) is 13.8. The van der Waals surface area contributed by atoms with Gasteiger partial charge in [0, 0.05) is 17.6 Å². The summed E-state index contributed by atoms with van der Waals surface area (Å²) in [6.45, 7) is 13.6. The van der Waals surface area contributed by atoms with E-state index in [0.717, 1.165) is 31.2 Å². The molecule has 0 atom stereocenters. The van der Waals surface area contributed by atoms with Crippen LogP contribution in [0.2, 0.25) is 0 Å². The number of hydrogen-bond donors (Lipinski definition) is 1. The van der Waals surface area contributed by atoms with Gasteiger partial charge in [0.2, 0.25) is 0 Å². The summed E-state index contributed by atoms with van der Waals surface area (Å²) in [4.78, 5) is 2.29. The highest BCUT2D eigenvalue weighted by molar-refractivity contribution is 5.20. The van der Waals surface area contributed by atoms with E-state index in [4.69, 9.17) is 4.42 Å². The Morgan fingerprint density at radius 3 is 2.56 bits per heavy atom. The zero-order valence-corrected chi connectivity index (χ0v) is 12.8. The Balaban J connectivity index is 2.58. The van der Waals surface area contributed by atoms with Crippen molar-refractivity contribution in [2.24, 2.45) is 0 Å². The Morgan fingerprint density at radius 2 is 2.00 bits per heavy atom. The normalized spacial score (nSPS) is 12.4. The lowest BCUT2D eigenvalue weighted by Crippen LogP contribution is -2.35. The fourth-order valence-corrected chi connectivity index (χ4v) is 1.93. The number of aryl methyl sites for hydroxylation is 1. The smallest absolute Gasteiger partial charge is 0.118 e. The van der Waals surface area contributed by atoms with Crippen LogP contribution in [0.25, 0.3) is 0 Å². The third-order valence-electron chi connectivity index (χ3n) is 2.91. The summed E-state index contributed by atoms with van der Waals surface area (Å²) in [5.74, 6) is 2.10. The van der Waals surface area contributed by atoms with Crippen molar-refractivity contribution in [2.45, 2.75) is 59.7 Å². The molecule has 0 unspecified atom stereocenters. The molecule has 0 aliphatic heterocycles. The van der Waals surface area contributed by atoms with Crippen LogP contribution in [0.4, 0.5) is 0 Å². The summed E-state index contributed by atoms with van der Waals surface area (Å²) >= 11 is 0. The van der Waals surface area contributed by atoms with E-state index >= 15 is 0 Å². The van der Waals surface area contributed by atoms with E-state index in [1.165, 1.54) is 12.0 Å². The molecule has 18 heavy (non-hydrogen) atoms. The van der Waals surface area contributed by atoms with Crippen molar-refractivity contribution < 1.29 is 4.42 Å². The molecule has 0 aliphatic rings. The van der Waals surface area contributed by atoms with E-state index in [1.54, 1.807) is 0 Å². The lowest BCUT2D eigenvalue weighted by Gasteiger charge is -2.20. The van der Waals surface area contributed by atoms with E-state index in [0.29, 0.717) is 0 Å². The Hall–Kier alpha value is -0.800. The zero-order valence-electron chi connectivity index (χ0n) is 12.8. The summed E-state index contributed by atoms with van der Waals surface area (Å²) in [5, 5.41) is 3.50. The molecule has 0 amide bonds. The first-order valence-corrected chi connectivity index (χ1v) is 6.83. The second kappa shape index (κ2) is 6.39. The Morgan fingerprint density at radius 1 is 1.33 bits per heavy atom. The monoisotopic (exact) mass is 252 g/mol. The molecule has 1 aromatic heterocycles. The van der Waals surface area contributed by atoms with E-state index in [9.17, 15) is 0 Å². The minimum Gasteiger partial charge on any atom is -0.465 e. The molecule has 104 valence electrons. The standard InChI is InChI=1S/C15H28N2O/c1-7-8-17(6)11-14-9-13(12(2)18-14)10-16-15(3,4)5/h9,16H,7-8,10-11H2,1-6H3. The molecule has 0 saturated carbocycles. The van der Waals surface area contributed by atoms with Crippen molar-refractivity contribution in [1.82, 2.24) is 10.2 Å². The first kappa shape index (κ1) is 15.3. The molecule has 0 radical (unpaired) electrons. The minimum atomic E-state index is 0.142. The van der Waals surface area contributed by atoms with Gasteiger partial charge in [-0.05, 0) is 53.8 Å². The topological polar surface area (TPSA) is 28.4 Å². The maximum Gasteiger partial charge on any atom is 0.118 e. The fourth-order valence-electron chi connectivity index (χ4n) is 1.93. The molecule has 1 heterocycles. The van der Waals surface area contributed by atoms with Gasteiger partial charge in [0.05, 0.1) is 6.54 Å². The molecule has 1 aromatic rings. The van der Waals surface area contributed by atoms with Gasteiger partial charge in [0.15, 0.2) is 0 Å². The summed E-state index contributed by atoms with van der Waals surface area (Å²) in [7, 11) is 2.13. The lowest BCUT2D eigenvalue weighted by molar-refractivity contribution is 0.293. The molecule has 0 aromatic carbocycles. The molecule has 0 spiro atoms. The maximum atomic E-state index is 5.82. The predicted octanol–water partition coefficient (Wildman–Crippen LogP) is 3.32. The predicted molar refractivity (Wildman–Crippen MR) is 76.7 cm³/mol. The van der Waals surface area contributed by atoms with Crippen LogP contribution in [-0.2, 0) is 13.1 Å². The molecular weight excluding hydrogens is 224 g/mol. The summed E-state index contributed by atoms with van der Waals surface area (Å²) < 4.78 is 5.82. The van der Waals surface area contributed by atoms with Crippen molar-refractivity contribution in [1.29, 1.82) is 0 Å². The third-order valence-corrected chi connectivity index (χ3v) is 2.91. The third kappa shape index (κ3) is 5.23. The first-order valence-electron chi connectivity index (χ1n) is 6.83. The number of nitrogens with one attached hydrogen (secondary N) is 1. The van der Waals surface area contributed by atoms with Gasteiger partial charge in [0.25, 0.3) is 0 Å². The lowest BCUT2D eigenvalue weighted by atomic mass is 10.1. The number of furan rings is 1. The average Bonchev–Trinajstić information content (AvgIpc) is 2.55. The highest BCUT2D eigenvalue weighted by Crippen LogP contribution is 2.17. The van der Waals surface area contributed by atoms with Crippen molar-refractivity contribution >= 4 is 0 Å². The van der Waals surface area contributed by atoms with Gasteiger partial charge in [-0.1, -0.05) is 6.92 Å². The van der Waals surface area contributed by atoms with Gasteiger partial charge < -0.3 is 9.73 Å². The average molecular weight is 252 g/mol. The highest BCUT2D eigenvalue weighted by atomic mass is 16.3. The summed E-state index contributed by atoms with van der Waals surface area (Å²) in [6.07, 6.45) is 1.18. The molecule has 0 aliphatic carbocycles. The Labute approximate surface area is 112 Å².